The van der Waals surface area contributed by atoms with Crippen LogP contribution in [0.2, 0.25) is 0 Å². The molecule has 0 radical (unpaired) electrons. The van der Waals surface area contributed by atoms with Crippen molar-refractivity contribution in [2.24, 2.45) is 11.8 Å². The highest BCUT2D eigenvalue weighted by atomic mass is 16.6. The first kappa shape index (κ1) is 16.8. The predicted octanol–water partition coefficient (Wildman–Crippen LogP) is 2.88. The van der Waals surface area contributed by atoms with E-state index in [2.05, 4.69) is 5.32 Å². The summed E-state index contributed by atoms with van der Waals surface area (Å²) in [5, 5.41) is 2.78. The average molecular weight is 285 g/mol. The van der Waals surface area contributed by atoms with E-state index >= 15 is 0 Å². The lowest BCUT2D eigenvalue weighted by Gasteiger charge is -2.25. The zero-order valence-corrected chi connectivity index (χ0v) is 13.0. The van der Waals surface area contributed by atoms with Gasteiger partial charge in [0.2, 0.25) is 0 Å². The standard InChI is InChI=1S/C15H27NO4/c1-15(2,3)20-14(18)16-10-11-8-6-5-7-9-12(11)13(17)19-4/h11-12H,5-10H2,1-4H3,(H,16,18)/t11-,12-/m0/s1. The van der Waals surface area contributed by atoms with E-state index in [-0.39, 0.29) is 17.8 Å². The number of hydrogen-bond donors (Lipinski definition) is 1. The summed E-state index contributed by atoms with van der Waals surface area (Å²) in [6, 6.07) is 0. The molecule has 1 aliphatic carbocycles. The number of hydrogen-bond acceptors (Lipinski definition) is 4. The number of alkyl carbamates (subject to hydrolysis) is 1. The summed E-state index contributed by atoms with van der Waals surface area (Å²) in [5.41, 5.74) is -0.505. The smallest absolute Gasteiger partial charge is 0.407 e. The lowest BCUT2D eigenvalue weighted by atomic mass is 9.88. The van der Waals surface area contributed by atoms with Crippen molar-refractivity contribution in [3.8, 4) is 0 Å². The van der Waals surface area contributed by atoms with Crippen LogP contribution in [-0.4, -0.2) is 31.3 Å². The quantitative estimate of drug-likeness (QED) is 0.639. The second-order valence-corrected chi connectivity index (χ2v) is 6.41. The molecule has 1 amide bonds. The topological polar surface area (TPSA) is 64.6 Å². The van der Waals surface area contributed by atoms with E-state index in [1.54, 1.807) is 0 Å². The molecule has 0 saturated heterocycles. The average Bonchev–Trinajstić information content (AvgIpc) is 2.58. The third kappa shape index (κ3) is 5.80. The summed E-state index contributed by atoms with van der Waals surface area (Å²) in [5.74, 6) is -0.141. The van der Waals surface area contributed by atoms with Crippen LogP contribution in [0.15, 0.2) is 0 Å². The highest BCUT2D eigenvalue weighted by Crippen LogP contribution is 2.29. The molecule has 0 bridgehead atoms. The maximum atomic E-state index is 11.8. The Hall–Kier alpha value is -1.26. The van der Waals surface area contributed by atoms with Crippen LogP contribution < -0.4 is 5.32 Å². The molecule has 5 heteroatoms. The highest BCUT2D eigenvalue weighted by Gasteiger charge is 2.31. The zero-order valence-electron chi connectivity index (χ0n) is 13.0. The van der Waals surface area contributed by atoms with Gasteiger partial charge in [-0.3, -0.25) is 4.79 Å². The van der Waals surface area contributed by atoms with Gasteiger partial charge >= 0.3 is 12.1 Å². The van der Waals surface area contributed by atoms with E-state index in [0.717, 1.165) is 32.1 Å². The number of amides is 1. The minimum absolute atomic E-state index is 0.113. The SMILES string of the molecule is COC(=O)[C@H]1CCCCC[C@H]1CNC(=O)OC(C)(C)C. The van der Waals surface area contributed by atoms with Gasteiger partial charge in [0.25, 0.3) is 0 Å². The number of rotatable bonds is 3. The molecule has 0 aromatic heterocycles. The van der Waals surface area contributed by atoms with Crippen molar-refractivity contribution in [2.45, 2.75) is 58.5 Å². The third-order valence-electron chi connectivity index (χ3n) is 3.57. The molecule has 1 rings (SSSR count). The molecule has 1 saturated carbocycles. The maximum absolute atomic E-state index is 11.8. The van der Waals surface area contributed by atoms with E-state index < -0.39 is 11.7 Å². The van der Waals surface area contributed by atoms with Gasteiger partial charge in [0.1, 0.15) is 5.60 Å². The summed E-state index contributed by atoms with van der Waals surface area (Å²) < 4.78 is 10.1. The Balaban J connectivity index is 2.53. The lowest BCUT2D eigenvalue weighted by molar-refractivity contribution is -0.147. The molecule has 1 fully saturated rings. The van der Waals surface area contributed by atoms with E-state index in [4.69, 9.17) is 9.47 Å². The largest absolute Gasteiger partial charge is 0.469 e. The number of esters is 1. The molecule has 20 heavy (non-hydrogen) atoms. The Labute approximate surface area is 121 Å². The Bertz CT molecular complexity index is 335. The van der Waals surface area contributed by atoms with Gasteiger partial charge in [0, 0.05) is 6.54 Å². The normalized spacial score (nSPS) is 23.6. The van der Waals surface area contributed by atoms with Gasteiger partial charge < -0.3 is 14.8 Å². The fraction of sp³-hybridized carbons (Fsp3) is 0.867. The van der Waals surface area contributed by atoms with Crippen LogP contribution in [0.1, 0.15) is 52.9 Å². The van der Waals surface area contributed by atoms with Crippen LogP contribution in [0.25, 0.3) is 0 Å². The molecule has 0 heterocycles. The van der Waals surface area contributed by atoms with Gasteiger partial charge in [-0.2, -0.15) is 0 Å². The highest BCUT2D eigenvalue weighted by molar-refractivity contribution is 5.73. The lowest BCUT2D eigenvalue weighted by Crippen LogP contribution is -2.38. The molecule has 0 unspecified atom stereocenters. The maximum Gasteiger partial charge on any atom is 0.407 e. The zero-order chi connectivity index (χ0) is 15.2. The van der Waals surface area contributed by atoms with Gasteiger partial charge in [0.05, 0.1) is 13.0 Å². The van der Waals surface area contributed by atoms with Crippen LogP contribution in [0.4, 0.5) is 4.79 Å². The van der Waals surface area contributed by atoms with Crippen LogP contribution in [0, 0.1) is 11.8 Å². The molecule has 0 aromatic rings. The molecular formula is C15H27NO4. The fourth-order valence-corrected chi connectivity index (χ4v) is 2.62. The Morgan fingerprint density at radius 2 is 1.80 bits per heavy atom. The molecular weight excluding hydrogens is 258 g/mol. The minimum Gasteiger partial charge on any atom is -0.469 e. The van der Waals surface area contributed by atoms with E-state index in [1.165, 1.54) is 7.11 Å². The van der Waals surface area contributed by atoms with Crippen LogP contribution in [-0.2, 0) is 14.3 Å². The Morgan fingerprint density at radius 1 is 1.15 bits per heavy atom. The summed E-state index contributed by atoms with van der Waals surface area (Å²) in [7, 11) is 1.42. The molecule has 5 nitrogen and oxygen atoms in total. The fourth-order valence-electron chi connectivity index (χ4n) is 2.62. The predicted molar refractivity (Wildman–Crippen MR) is 76.3 cm³/mol. The molecule has 0 aromatic carbocycles. The molecule has 1 aliphatic rings. The van der Waals surface area contributed by atoms with Gasteiger partial charge in [-0.15, -0.1) is 0 Å². The number of methoxy groups -OCH3 is 1. The first-order chi connectivity index (χ1) is 9.33. The summed E-state index contributed by atoms with van der Waals surface area (Å²) in [6.07, 6.45) is 4.63. The first-order valence-corrected chi connectivity index (χ1v) is 7.38. The molecule has 1 N–H and O–H groups in total. The van der Waals surface area contributed by atoms with Crippen molar-refractivity contribution in [2.75, 3.05) is 13.7 Å². The van der Waals surface area contributed by atoms with Crippen molar-refractivity contribution in [1.82, 2.24) is 5.32 Å². The summed E-state index contributed by atoms with van der Waals surface area (Å²) in [6.45, 7) is 5.95. The third-order valence-corrected chi connectivity index (χ3v) is 3.57. The number of ether oxygens (including phenoxy) is 2. The van der Waals surface area contributed by atoms with E-state index in [1.807, 2.05) is 20.8 Å². The van der Waals surface area contributed by atoms with Crippen molar-refractivity contribution >= 4 is 12.1 Å². The van der Waals surface area contributed by atoms with Crippen LogP contribution in [0.5, 0.6) is 0 Å². The number of carbonyl (C=O) groups excluding carboxylic acids is 2. The minimum atomic E-state index is -0.505. The van der Waals surface area contributed by atoms with E-state index in [9.17, 15) is 9.59 Å². The van der Waals surface area contributed by atoms with Gasteiger partial charge in [-0.1, -0.05) is 19.3 Å². The second-order valence-electron chi connectivity index (χ2n) is 6.41. The number of nitrogens with one attached hydrogen (secondary N) is 1. The molecule has 0 aliphatic heterocycles. The van der Waals surface area contributed by atoms with Crippen molar-refractivity contribution in [1.29, 1.82) is 0 Å². The molecule has 116 valence electrons. The number of carbonyl (C=O) groups is 2. The monoisotopic (exact) mass is 285 g/mol. The molecule has 2 atom stereocenters. The molecule has 0 spiro atoms. The van der Waals surface area contributed by atoms with Gasteiger partial charge in [0.15, 0.2) is 0 Å². The summed E-state index contributed by atoms with van der Waals surface area (Å²) >= 11 is 0. The first-order valence-electron chi connectivity index (χ1n) is 7.38. The summed E-state index contributed by atoms with van der Waals surface area (Å²) in [4.78, 5) is 23.5. The Morgan fingerprint density at radius 3 is 2.40 bits per heavy atom. The van der Waals surface area contributed by atoms with Crippen LogP contribution in [0.3, 0.4) is 0 Å². The second kappa shape index (κ2) is 7.50. The van der Waals surface area contributed by atoms with Crippen molar-refractivity contribution in [3.63, 3.8) is 0 Å². The van der Waals surface area contributed by atoms with E-state index in [0.29, 0.717) is 6.54 Å². The van der Waals surface area contributed by atoms with Crippen LogP contribution >= 0.6 is 0 Å². The Kier molecular flexibility index (Phi) is 6.30. The van der Waals surface area contributed by atoms with Crippen molar-refractivity contribution < 1.29 is 19.1 Å². The van der Waals surface area contributed by atoms with Crippen molar-refractivity contribution in [3.05, 3.63) is 0 Å². The van der Waals surface area contributed by atoms with Gasteiger partial charge in [-0.05, 0) is 39.5 Å². The van der Waals surface area contributed by atoms with Gasteiger partial charge in [-0.25, -0.2) is 4.79 Å².